The average Bonchev–Trinajstić information content (AvgIpc) is 2.75. The smallest absolute Gasteiger partial charge is 0.261 e. The van der Waals surface area contributed by atoms with Gasteiger partial charge in [-0.1, -0.05) is 30.3 Å². The van der Waals surface area contributed by atoms with E-state index in [1.165, 1.54) is 24.3 Å². The minimum Gasteiger partial charge on any atom is -0.494 e. The molecule has 0 saturated heterocycles. The molecule has 1 amide bonds. The maximum atomic E-state index is 12.6. The second-order valence-corrected chi connectivity index (χ2v) is 8.90. The molecule has 0 spiro atoms. The Morgan fingerprint density at radius 1 is 0.935 bits per heavy atom. The van der Waals surface area contributed by atoms with Gasteiger partial charge in [0.25, 0.3) is 15.9 Å². The third-order valence-electron chi connectivity index (χ3n) is 4.68. The SMILES string of the molecule is Cc1cccc(OCCCNC(=O)c2ccc(S(=O)(=O)Nc3ccccc3C)cc2)c1. The van der Waals surface area contributed by atoms with E-state index in [0.29, 0.717) is 30.8 Å². The van der Waals surface area contributed by atoms with E-state index in [-0.39, 0.29) is 10.8 Å². The van der Waals surface area contributed by atoms with Crippen LogP contribution in [0.2, 0.25) is 0 Å². The number of carbonyl (C=O) groups is 1. The standard InChI is InChI=1S/C24H26N2O4S/c1-18-7-5-9-21(17-18)30-16-6-15-25-24(27)20-11-13-22(14-12-20)31(28,29)26-23-10-4-3-8-19(23)2/h3-5,7-14,17,26H,6,15-16H2,1-2H3,(H,25,27). The maximum absolute atomic E-state index is 12.6. The van der Waals surface area contributed by atoms with Gasteiger partial charge >= 0.3 is 0 Å². The number of rotatable bonds is 9. The topological polar surface area (TPSA) is 84.5 Å². The summed E-state index contributed by atoms with van der Waals surface area (Å²) in [5, 5.41) is 2.82. The first kappa shape index (κ1) is 22.4. The lowest BCUT2D eigenvalue weighted by molar-refractivity contribution is 0.0951. The fourth-order valence-electron chi connectivity index (χ4n) is 2.95. The lowest BCUT2D eigenvalue weighted by Crippen LogP contribution is -2.25. The third kappa shape index (κ3) is 6.33. The molecular formula is C24H26N2O4S. The number of para-hydroxylation sites is 1. The fraction of sp³-hybridized carbons (Fsp3) is 0.208. The lowest BCUT2D eigenvalue weighted by Gasteiger charge is -2.11. The van der Waals surface area contributed by atoms with Crippen molar-refractivity contribution in [1.82, 2.24) is 5.32 Å². The molecule has 0 atom stereocenters. The molecule has 162 valence electrons. The molecule has 0 unspecified atom stereocenters. The summed E-state index contributed by atoms with van der Waals surface area (Å²) in [4.78, 5) is 12.4. The predicted octanol–water partition coefficient (Wildman–Crippen LogP) is 4.30. The van der Waals surface area contributed by atoms with Crippen LogP contribution in [-0.4, -0.2) is 27.5 Å². The van der Waals surface area contributed by atoms with Crippen molar-refractivity contribution in [2.24, 2.45) is 0 Å². The number of hydrogen-bond acceptors (Lipinski definition) is 4. The Morgan fingerprint density at radius 2 is 1.68 bits per heavy atom. The van der Waals surface area contributed by atoms with Gasteiger partial charge < -0.3 is 10.1 Å². The molecule has 31 heavy (non-hydrogen) atoms. The number of nitrogens with one attached hydrogen (secondary N) is 2. The van der Waals surface area contributed by atoms with Gasteiger partial charge in [-0.25, -0.2) is 8.42 Å². The summed E-state index contributed by atoms with van der Waals surface area (Å²) >= 11 is 0. The Bertz CT molecular complexity index is 1140. The lowest BCUT2D eigenvalue weighted by atomic mass is 10.2. The van der Waals surface area contributed by atoms with Crippen LogP contribution >= 0.6 is 0 Å². The van der Waals surface area contributed by atoms with Crippen LogP contribution in [0.25, 0.3) is 0 Å². The monoisotopic (exact) mass is 438 g/mol. The third-order valence-corrected chi connectivity index (χ3v) is 6.06. The van der Waals surface area contributed by atoms with Gasteiger partial charge in [-0.05, 0) is 73.9 Å². The zero-order valence-electron chi connectivity index (χ0n) is 17.6. The molecule has 3 aromatic rings. The molecular weight excluding hydrogens is 412 g/mol. The number of hydrogen-bond donors (Lipinski definition) is 2. The highest BCUT2D eigenvalue weighted by atomic mass is 32.2. The number of ether oxygens (including phenoxy) is 1. The molecule has 0 fully saturated rings. The van der Waals surface area contributed by atoms with Crippen LogP contribution in [0.4, 0.5) is 5.69 Å². The molecule has 7 heteroatoms. The van der Waals surface area contributed by atoms with Gasteiger partial charge in [0.1, 0.15) is 5.75 Å². The Labute approximate surface area is 183 Å². The second kappa shape index (κ2) is 10.1. The summed E-state index contributed by atoms with van der Waals surface area (Å²) in [5.74, 6) is 0.550. The molecule has 3 rings (SSSR count). The van der Waals surface area contributed by atoms with Crippen LogP contribution in [-0.2, 0) is 10.0 Å². The first-order valence-corrected chi connectivity index (χ1v) is 11.5. The van der Waals surface area contributed by atoms with Crippen LogP contribution in [0.15, 0.2) is 77.7 Å². The minimum absolute atomic E-state index is 0.0962. The highest BCUT2D eigenvalue weighted by molar-refractivity contribution is 7.92. The second-order valence-electron chi connectivity index (χ2n) is 7.22. The maximum Gasteiger partial charge on any atom is 0.261 e. The molecule has 0 saturated carbocycles. The largest absolute Gasteiger partial charge is 0.494 e. The number of anilines is 1. The van der Waals surface area contributed by atoms with Crippen LogP contribution in [0.1, 0.15) is 27.9 Å². The summed E-state index contributed by atoms with van der Waals surface area (Å²) in [5.41, 5.74) is 2.88. The highest BCUT2D eigenvalue weighted by Gasteiger charge is 2.16. The first-order chi connectivity index (χ1) is 14.8. The van der Waals surface area contributed by atoms with E-state index < -0.39 is 10.0 Å². The average molecular weight is 439 g/mol. The van der Waals surface area contributed by atoms with Gasteiger partial charge in [-0.3, -0.25) is 9.52 Å². The van der Waals surface area contributed by atoms with Crippen molar-refractivity contribution in [1.29, 1.82) is 0 Å². The van der Waals surface area contributed by atoms with E-state index in [2.05, 4.69) is 10.0 Å². The summed E-state index contributed by atoms with van der Waals surface area (Å²) in [6, 6.07) is 20.8. The molecule has 2 N–H and O–H groups in total. The molecule has 0 aliphatic carbocycles. The van der Waals surface area contributed by atoms with Crippen LogP contribution in [0, 0.1) is 13.8 Å². The Kier molecular flexibility index (Phi) is 7.31. The van der Waals surface area contributed by atoms with Crippen molar-refractivity contribution in [3.8, 4) is 5.75 Å². The van der Waals surface area contributed by atoms with Gasteiger partial charge in [0.05, 0.1) is 17.2 Å². The molecule has 0 heterocycles. The molecule has 0 aliphatic heterocycles. The van der Waals surface area contributed by atoms with Crippen LogP contribution in [0.5, 0.6) is 5.75 Å². The summed E-state index contributed by atoms with van der Waals surface area (Å²) in [6.07, 6.45) is 0.659. The Morgan fingerprint density at radius 3 is 2.39 bits per heavy atom. The fourth-order valence-corrected chi connectivity index (χ4v) is 4.08. The number of amides is 1. The van der Waals surface area contributed by atoms with Gasteiger partial charge in [0.2, 0.25) is 0 Å². The van der Waals surface area contributed by atoms with Crippen molar-refractivity contribution < 1.29 is 17.9 Å². The Hall–Kier alpha value is -3.32. The van der Waals surface area contributed by atoms with Crippen LogP contribution < -0.4 is 14.8 Å². The van der Waals surface area contributed by atoms with E-state index in [9.17, 15) is 13.2 Å². The molecule has 3 aromatic carbocycles. The normalized spacial score (nSPS) is 11.0. The minimum atomic E-state index is -3.73. The summed E-state index contributed by atoms with van der Waals surface area (Å²) in [6.45, 7) is 4.78. The summed E-state index contributed by atoms with van der Waals surface area (Å²) < 4.78 is 33.4. The van der Waals surface area contributed by atoms with Crippen molar-refractivity contribution >= 4 is 21.6 Å². The van der Waals surface area contributed by atoms with Crippen molar-refractivity contribution in [3.63, 3.8) is 0 Å². The molecule has 0 bridgehead atoms. The number of sulfonamides is 1. The predicted molar refractivity (Wildman–Crippen MR) is 122 cm³/mol. The van der Waals surface area contributed by atoms with Gasteiger partial charge in [-0.2, -0.15) is 0 Å². The molecule has 0 radical (unpaired) electrons. The highest BCUT2D eigenvalue weighted by Crippen LogP contribution is 2.19. The zero-order valence-corrected chi connectivity index (χ0v) is 18.4. The zero-order chi connectivity index (χ0) is 22.3. The van der Waals surface area contributed by atoms with E-state index in [1.807, 2.05) is 50.2 Å². The van der Waals surface area contributed by atoms with Crippen molar-refractivity contribution in [3.05, 3.63) is 89.5 Å². The van der Waals surface area contributed by atoms with E-state index >= 15 is 0 Å². The number of benzene rings is 3. The Balaban J connectivity index is 1.49. The molecule has 0 aliphatic rings. The van der Waals surface area contributed by atoms with Gasteiger partial charge in [0.15, 0.2) is 0 Å². The van der Waals surface area contributed by atoms with Crippen molar-refractivity contribution in [2.45, 2.75) is 25.2 Å². The van der Waals surface area contributed by atoms with E-state index in [0.717, 1.165) is 16.9 Å². The van der Waals surface area contributed by atoms with E-state index in [4.69, 9.17) is 4.74 Å². The number of carbonyl (C=O) groups excluding carboxylic acids is 1. The van der Waals surface area contributed by atoms with Crippen molar-refractivity contribution in [2.75, 3.05) is 17.9 Å². The molecule has 0 aromatic heterocycles. The van der Waals surface area contributed by atoms with Crippen LogP contribution in [0.3, 0.4) is 0 Å². The van der Waals surface area contributed by atoms with Gasteiger partial charge in [0, 0.05) is 12.1 Å². The van der Waals surface area contributed by atoms with E-state index in [1.54, 1.807) is 12.1 Å². The quantitative estimate of drug-likeness (QED) is 0.488. The molecule has 6 nitrogen and oxygen atoms in total. The van der Waals surface area contributed by atoms with Gasteiger partial charge in [-0.15, -0.1) is 0 Å². The number of aryl methyl sites for hydroxylation is 2. The summed E-state index contributed by atoms with van der Waals surface area (Å²) in [7, 11) is -3.73. The first-order valence-electron chi connectivity index (χ1n) is 10.0.